The van der Waals surface area contributed by atoms with Crippen molar-refractivity contribution in [2.45, 2.75) is 65.6 Å². The molecule has 85 heavy (non-hydrogen) atoms. The third kappa shape index (κ3) is 13.9. The van der Waals surface area contributed by atoms with Crippen LogP contribution in [0.25, 0.3) is 0 Å². The zero-order valence-corrected chi connectivity index (χ0v) is 47.4. The number of rotatable bonds is 28. The fourth-order valence-electron chi connectivity index (χ4n) is 9.68. The second kappa shape index (κ2) is 25.2. The third-order valence-electron chi connectivity index (χ3n) is 13.9. The highest BCUT2D eigenvalue weighted by molar-refractivity contribution is 7.86. The van der Waals surface area contributed by atoms with Crippen molar-refractivity contribution in [2.24, 2.45) is 10.2 Å². The molecule has 26 nitrogen and oxygen atoms in total. The van der Waals surface area contributed by atoms with Gasteiger partial charge in [-0.2, -0.15) is 30.0 Å². The number of halogens is 3. The van der Waals surface area contributed by atoms with Crippen molar-refractivity contribution in [1.82, 2.24) is 16.0 Å². The molecule has 5 aromatic carbocycles. The van der Waals surface area contributed by atoms with Crippen molar-refractivity contribution in [2.75, 3.05) is 76.5 Å². The zero-order valence-electron chi connectivity index (χ0n) is 44.8. The van der Waals surface area contributed by atoms with Crippen molar-refractivity contribution < 1.29 is 102 Å². The van der Waals surface area contributed by atoms with E-state index in [0.717, 1.165) is 30.3 Å². The van der Waals surface area contributed by atoms with Crippen LogP contribution in [0.1, 0.15) is 101 Å². The van der Waals surface area contributed by atoms with E-state index in [1.54, 1.807) is 19.1 Å². The maximum atomic E-state index is 13.9. The molecule has 0 fully saturated rings. The first-order valence-corrected chi connectivity index (χ1v) is 30.8. The molecule has 2 amide bonds. The summed E-state index contributed by atoms with van der Waals surface area (Å²) >= 11 is 0. The molecule has 0 radical (unpaired) electrons. The minimum absolute atomic E-state index is 0.00529. The Kier molecular flexibility index (Phi) is 18.8. The van der Waals surface area contributed by atoms with E-state index in [1.165, 1.54) is 42.5 Å². The third-order valence-corrected chi connectivity index (χ3v) is 17.7. The molecule has 12 N–H and O–H groups in total. The monoisotopic (exact) mass is 1250 g/mol. The number of hydrogen-bond donors (Lipinski definition) is 10. The predicted octanol–water partition coefficient (Wildman–Crippen LogP) is 5.52. The fraction of sp³-hybridized carbons (Fsp3) is 0.358. The Morgan fingerprint density at radius 2 is 1.38 bits per heavy atom. The molecule has 0 saturated heterocycles. The Balaban J connectivity index is 0.790. The number of carboxylic acid groups (broad SMARTS) is 1. The Hall–Kier alpha value is -7.58. The standard InChI is InChI=1S/C53H57F3N7O19PS2/c1-29(30-6-5-7-32(24-30)49(67)68)61-27-34(64)28-83(70,71)23-4-2-3-16-59-48(66)35-10-9-33(52(62-63-52)53(54,55)56)26-42(35)80-22-21-79-20-19-78-18-17-60-47(65)31-8-11-37-36(25-31)50(69)82-51(37)38-12-14-40(57)45(84(72,73)74)43(38)81-44-39(51)13-15-41(58)46(44)85(75,76)77/h5-15,24-26,29,34,61,64H,2-4,16-23,27-28,57-58H2,1H3,(H,59,66)(H,60,65)(H,67,68)(H,70,71)(H,72,73,74)(H,75,76,77)/t29-,34+/m1/s1. The topological polar surface area (TPSA) is 414 Å². The molecule has 3 heterocycles. The maximum absolute atomic E-state index is 13.9. The highest BCUT2D eigenvalue weighted by Crippen LogP contribution is 2.60. The average molecular weight is 1250 g/mol. The van der Waals surface area contributed by atoms with Crippen LogP contribution in [0.3, 0.4) is 0 Å². The lowest BCUT2D eigenvalue weighted by atomic mass is 9.77. The summed E-state index contributed by atoms with van der Waals surface area (Å²) in [5, 5.41) is 34.5. The number of fused-ring (bicyclic) bond motifs is 6. The van der Waals surface area contributed by atoms with Gasteiger partial charge in [0.1, 0.15) is 12.4 Å². The van der Waals surface area contributed by atoms with Crippen LogP contribution >= 0.6 is 7.37 Å². The van der Waals surface area contributed by atoms with E-state index < -0.39 is 113 Å². The van der Waals surface area contributed by atoms with E-state index in [4.69, 9.17) is 35.2 Å². The molecular formula is C53H57F3N7O19PS2. The number of nitrogen functional groups attached to an aromatic ring is 2. The first-order valence-electron chi connectivity index (χ1n) is 25.9. The number of ether oxygens (including phenoxy) is 5. The number of anilines is 2. The van der Waals surface area contributed by atoms with Gasteiger partial charge in [0.25, 0.3) is 32.1 Å². The summed E-state index contributed by atoms with van der Waals surface area (Å²) in [5.41, 5.74) is 5.24. The van der Waals surface area contributed by atoms with Gasteiger partial charge in [-0.05, 0) is 86.0 Å². The van der Waals surface area contributed by atoms with Gasteiger partial charge in [0, 0.05) is 59.7 Å². The molecule has 456 valence electrons. The number of alkyl halides is 3. The number of aliphatic hydroxyl groups is 1. The zero-order chi connectivity index (χ0) is 61.9. The van der Waals surface area contributed by atoms with Crippen molar-refractivity contribution in [1.29, 1.82) is 0 Å². The lowest BCUT2D eigenvalue weighted by Gasteiger charge is -2.37. The molecule has 8 rings (SSSR count). The van der Waals surface area contributed by atoms with Crippen LogP contribution in [0.2, 0.25) is 0 Å². The number of carboxylic acids is 1. The molecule has 5 aromatic rings. The predicted molar refractivity (Wildman–Crippen MR) is 293 cm³/mol. The maximum Gasteiger partial charge on any atom is 0.442 e. The number of nitrogens with zero attached hydrogens (tertiary/aromatic N) is 2. The van der Waals surface area contributed by atoms with E-state index in [1.807, 2.05) is 0 Å². The van der Waals surface area contributed by atoms with Crippen LogP contribution in [0.4, 0.5) is 24.5 Å². The molecule has 1 unspecified atom stereocenters. The summed E-state index contributed by atoms with van der Waals surface area (Å²) in [6.45, 7) is 1.35. The largest absolute Gasteiger partial charge is 0.490 e. The number of esters is 1. The van der Waals surface area contributed by atoms with Gasteiger partial charge in [-0.25, -0.2) is 9.59 Å². The van der Waals surface area contributed by atoms with Gasteiger partial charge in [0.2, 0.25) is 7.37 Å². The van der Waals surface area contributed by atoms with Crippen LogP contribution in [0.15, 0.2) is 105 Å². The van der Waals surface area contributed by atoms with Crippen LogP contribution in [0, 0.1) is 0 Å². The van der Waals surface area contributed by atoms with Crippen molar-refractivity contribution in [3.63, 3.8) is 0 Å². The highest BCUT2D eigenvalue weighted by Gasteiger charge is 2.65. The molecule has 0 aliphatic carbocycles. The van der Waals surface area contributed by atoms with Gasteiger partial charge in [0.05, 0.1) is 66.8 Å². The Morgan fingerprint density at radius 3 is 1.99 bits per heavy atom. The number of benzene rings is 5. The van der Waals surface area contributed by atoms with E-state index in [-0.39, 0.29) is 122 Å². The molecule has 0 saturated carbocycles. The number of unbranched alkanes of at least 4 members (excludes halogenated alkanes) is 2. The van der Waals surface area contributed by atoms with Gasteiger partial charge < -0.3 is 66.2 Å². The number of nitrogens with one attached hydrogen (secondary N) is 3. The van der Waals surface area contributed by atoms with Crippen LogP contribution < -0.4 is 36.9 Å². The number of amides is 2. The Labute approximate surface area is 483 Å². The minimum Gasteiger partial charge on any atom is -0.490 e. The van der Waals surface area contributed by atoms with E-state index in [2.05, 4.69) is 26.2 Å². The average Bonchev–Trinajstić information content (AvgIpc) is 1.68. The Morgan fingerprint density at radius 1 is 0.765 bits per heavy atom. The lowest BCUT2D eigenvalue weighted by molar-refractivity contribution is -0.166. The minimum atomic E-state index is -5.22. The summed E-state index contributed by atoms with van der Waals surface area (Å²) < 4.78 is 154. The molecular weight excluding hydrogens is 1190 g/mol. The molecule has 3 aliphatic heterocycles. The second-order valence-corrected chi connectivity index (χ2v) is 25.0. The van der Waals surface area contributed by atoms with Crippen LogP contribution in [-0.2, 0) is 50.3 Å². The molecule has 32 heteroatoms. The first-order chi connectivity index (χ1) is 40.0. The number of carbonyl (C=O) groups excluding carboxylic acids is 3. The van der Waals surface area contributed by atoms with Crippen molar-refractivity contribution in [3.8, 4) is 17.2 Å². The normalized spacial score (nSPS) is 16.0. The van der Waals surface area contributed by atoms with Gasteiger partial charge >= 0.3 is 23.8 Å². The quantitative estimate of drug-likeness (QED) is 0.00969. The Bertz CT molecular complexity index is 3670. The van der Waals surface area contributed by atoms with Crippen LogP contribution in [0.5, 0.6) is 17.2 Å². The number of aliphatic hydroxyl groups excluding tert-OH is 1. The molecule has 3 atom stereocenters. The number of carbonyl (C=O) groups is 4. The first kappa shape index (κ1) is 63.4. The van der Waals surface area contributed by atoms with Gasteiger partial charge in [-0.15, -0.1) is 10.2 Å². The van der Waals surface area contributed by atoms with E-state index >= 15 is 0 Å². The number of aromatic carboxylic acids is 1. The highest BCUT2D eigenvalue weighted by atomic mass is 32.2. The van der Waals surface area contributed by atoms with Crippen LogP contribution in [-0.4, -0.2) is 142 Å². The summed E-state index contributed by atoms with van der Waals surface area (Å²) in [6, 6.07) is 17.5. The fourth-order valence-corrected chi connectivity index (χ4v) is 12.9. The summed E-state index contributed by atoms with van der Waals surface area (Å²) in [7, 11) is -14.2. The van der Waals surface area contributed by atoms with Gasteiger partial charge in [-0.3, -0.25) is 23.3 Å². The van der Waals surface area contributed by atoms with Gasteiger partial charge in [-0.1, -0.05) is 30.7 Å². The summed E-state index contributed by atoms with van der Waals surface area (Å²) in [6.07, 6.45) is -5.48. The van der Waals surface area contributed by atoms with Crippen molar-refractivity contribution >= 4 is 62.7 Å². The van der Waals surface area contributed by atoms with Gasteiger partial charge in [0.15, 0.2) is 26.9 Å². The summed E-state index contributed by atoms with van der Waals surface area (Å²) in [5.74, 6) is -5.22. The van der Waals surface area contributed by atoms with E-state index in [0.29, 0.717) is 18.4 Å². The molecule has 3 aliphatic rings. The summed E-state index contributed by atoms with van der Waals surface area (Å²) in [4.78, 5) is 60.2. The van der Waals surface area contributed by atoms with Crippen molar-refractivity contribution in [3.05, 3.63) is 135 Å². The number of hydrogen-bond acceptors (Lipinski definition) is 20. The lowest BCUT2D eigenvalue weighted by Crippen LogP contribution is -2.34. The smallest absolute Gasteiger partial charge is 0.442 e. The molecule has 0 bridgehead atoms. The molecule has 0 aromatic heterocycles. The number of nitrogens with two attached hydrogens (primary N) is 2. The molecule has 1 spiro atoms. The second-order valence-electron chi connectivity index (χ2n) is 19.8. The SMILES string of the molecule is C[C@@H](NC[C@H](O)CP(=O)(O)CCCCCNC(=O)c1ccc(C2(C(F)(F)F)N=N2)cc1OCCOCCOCCNC(=O)c1ccc2c(c1)C(=O)OC21c2ccc(N)c(S(=O)(=O)O)c2Oc2c1ccc(N)c2S(=O)(=O)O)c1cccc(C(=O)O)c1. The van der Waals surface area contributed by atoms with E-state index in [9.17, 15) is 78.0 Å².